The second-order valence-corrected chi connectivity index (χ2v) is 9.89. The van der Waals surface area contributed by atoms with E-state index in [0.717, 1.165) is 31.4 Å². The molecule has 2 heterocycles. The van der Waals surface area contributed by atoms with Crippen molar-refractivity contribution in [2.75, 3.05) is 12.0 Å². The van der Waals surface area contributed by atoms with Crippen molar-refractivity contribution < 1.29 is 14.3 Å². The Kier molecular flexibility index (Phi) is 6.77. The summed E-state index contributed by atoms with van der Waals surface area (Å²) in [7, 11) is 1.61. The van der Waals surface area contributed by atoms with E-state index in [9.17, 15) is 9.59 Å². The van der Waals surface area contributed by atoms with Gasteiger partial charge in [0.2, 0.25) is 5.91 Å². The van der Waals surface area contributed by atoms with Gasteiger partial charge in [-0.2, -0.15) is 5.10 Å². The van der Waals surface area contributed by atoms with Crippen LogP contribution < -0.4 is 15.0 Å². The molecule has 0 bridgehead atoms. The Morgan fingerprint density at radius 3 is 2.36 bits per heavy atom. The number of carbonyl (C=O) groups is 2. The molecule has 1 aromatic carbocycles. The molecular weight excluding hydrogens is 416 g/mol. The maximum Gasteiger partial charge on any atom is 0.277 e. The van der Waals surface area contributed by atoms with E-state index < -0.39 is 5.54 Å². The summed E-state index contributed by atoms with van der Waals surface area (Å²) in [5.41, 5.74) is 0.958. The van der Waals surface area contributed by atoms with Gasteiger partial charge in [0.15, 0.2) is 0 Å². The number of rotatable bonds is 5. The first-order chi connectivity index (χ1) is 15.8. The van der Waals surface area contributed by atoms with Crippen LogP contribution in [0.4, 0.5) is 5.69 Å². The lowest BCUT2D eigenvalue weighted by atomic mass is 9.91. The molecule has 1 N–H and O–H groups in total. The largest absolute Gasteiger partial charge is 0.497 e. The molecule has 0 radical (unpaired) electrons. The number of ether oxygens (including phenoxy) is 1. The van der Waals surface area contributed by atoms with Crippen LogP contribution in [-0.4, -0.2) is 40.3 Å². The molecule has 33 heavy (non-hydrogen) atoms. The predicted octanol–water partition coefficient (Wildman–Crippen LogP) is 4.66. The molecule has 7 nitrogen and oxygen atoms in total. The minimum atomic E-state index is -1.10. The van der Waals surface area contributed by atoms with Gasteiger partial charge in [-0.3, -0.25) is 19.2 Å². The van der Waals surface area contributed by atoms with Gasteiger partial charge in [-0.25, -0.2) is 0 Å². The number of hydrogen-bond acceptors (Lipinski definition) is 4. The molecule has 178 valence electrons. The maximum absolute atomic E-state index is 13.8. The molecule has 1 aliphatic heterocycles. The molecule has 4 rings (SSSR count). The molecule has 1 aliphatic carbocycles. The van der Waals surface area contributed by atoms with Gasteiger partial charge in [-0.15, -0.1) is 0 Å². The van der Waals surface area contributed by atoms with Crippen molar-refractivity contribution >= 4 is 17.5 Å². The Labute approximate surface area is 196 Å². The summed E-state index contributed by atoms with van der Waals surface area (Å²) < 4.78 is 7.01. The summed E-state index contributed by atoms with van der Waals surface area (Å²) in [6.45, 7) is 6.28. The monoisotopic (exact) mass is 452 g/mol. The van der Waals surface area contributed by atoms with Crippen molar-refractivity contribution in [2.45, 2.75) is 89.8 Å². The van der Waals surface area contributed by atoms with Crippen LogP contribution in [0.3, 0.4) is 0 Å². The van der Waals surface area contributed by atoms with Crippen molar-refractivity contribution in [3.63, 3.8) is 0 Å². The standard InChI is InChI=1S/C26H36N4O3/c1-18(2)22-16-23-24(31)30(20-12-14-21(33-4)15-13-20)26(3,17-29(23)28-22)25(32)27-19-10-8-6-5-7-9-11-19/h12-16,18-19H,5-11,17H2,1-4H3,(H,27,32)/t26-/m1/s1. The van der Waals surface area contributed by atoms with Gasteiger partial charge in [0.05, 0.1) is 19.3 Å². The zero-order valence-corrected chi connectivity index (χ0v) is 20.3. The van der Waals surface area contributed by atoms with Gasteiger partial charge in [-0.05, 0) is 56.0 Å². The highest BCUT2D eigenvalue weighted by Gasteiger charge is 2.49. The third kappa shape index (κ3) is 4.63. The van der Waals surface area contributed by atoms with Crippen LogP contribution >= 0.6 is 0 Å². The fourth-order valence-corrected chi connectivity index (χ4v) is 4.96. The van der Waals surface area contributed by atoms with Crippen molar-refractivity contribution in [2.24, 2.45) is 0 Å². The summed E-state index contributed by atoms with van der Waals surface area (Å²) in [4.78, 5) is 29.2. The van der Waals surface area contributed by atoms with Crippen LogP contribution in [0.2, 0.25) is 0 Å². The number of amides is 2. The molecule has 1 saturated carbocycles. The number of nitrogens with zero attached hydrogens (tertiary/aromatic N) is 3. The highest BCUT2D eigenvalue weighted by atomic mass is 16.5. The van der Waals surface area contributed by atoms with Crippen LogP contribution in [0, 0.1) is 0 Å². The number of aromatic nitrogens is 2. The fourth-order valence-electron chi connectivity index (χ4n) is 4.96. The molecular formula is C26H36N4O3. The lowest BCUT2D eigenvalue weighted by Crippen LogP contribution is -2.65. The molecule has 1 fully saturated rings. The molecule has 2 aliphatic rings. The van der Waals surface area contributed by atoms with E-state index in [2.05, 4.69) is 24.3 Å². The Hall–Kier alpha value is -2.83. The third-order valence-corrected chi connectivity index (χ3v) is 7.02. The highest BCUT2D eigenvalue weighted by Crippen LogP contribution is 2.34. The van der Waals surface area contributed by atoms with E-state index in [1.807, 2.05) is 37.3 Å². The van der Waals surface area contributed by atoms with E-state index in [1.54, 1.807) is 16.7 Å². The third-order valence-electron chi connectivity index (χ3n) is 7.02. The minimum Gasteiger partial charge on any atom is -0.497 e. The number of anilines is 1. The maximum atomic E-state index is 13.8. The Morgan fingerprint density at radius 1 is 1.12 bits per heavy atom. The quantitative estimate of drug-likeness (QED) is 0.716. The zero-order valence-electron chi connectivity index (χ0n) is 20.3. The van der Waals surface area contributed by atoms with Gasteiger partial charge in [-0.1, -0.05) is 46.0 Å². The Balaban J connectivity index is 1.70. The van der Waals surface area contributed by atoms with Crippen LogP contribution in [-0.2, 0) is 11.3 Å². The van der Waals surface area contributed by atoms with Gasteiger partial charge < -0.3 is 10.1 Å². The number of fused-ring (bicyclic) bond motifs is 1. The van der Waals surface area contributed by atoms with Crippen molar-refractivity contribution in [1.29, 1.82) is 0 Å². The predicted molar refractivity (Wildman–Crippen MR) is 129 cm³/mol. The number of nitrogens with one attached hydrogen (secondary N) is 1. The number of methoxy groups -OCH3 is 1. The minimum absolute atomic E-state index is 0.121. The van der Waals surface area contributed by atoms with Gasteiger partial charge in [0.1, 0.15) is 17.0 Å². The van der Waals surface area contributed by atoms with Crippen LogP contribution in [0.5, 0.6) is 5.75 Å². The summed E-state index contributed by atoms with van der Waals surface area (Å²) >= 11 is 0. The van der Waals surface area contributed by atoms with Crippen molar-refractivity contribution in [3.05, 3.63) is 41.7 Å². The number of carbonyl (C=O) groups excluding carboxylic acids is 2. The van der Waals surface area contributed by atoms with Gasteiger partial charge in [0.25, 0.3) is 5.91 Å². The second-order valence-electron chi connectivity index (χ2n) is 9.89. The van der Waals surface area contributed by atoms with Crippen LogP contribution in [0.25, 0.3) is 0 Å². The SMILES string of the molecule is COc1ccc(N2C(=O)c3cc(C(C)C)nn3C[C@]2(C)C(=O)NC2CCCCCCC2)cc1. The average molecular weight is 453 g/mol. The van der Waals surface area contributed by atoms with Gasteiger partial charge in [0, 0.05) is 11.7 Å². The molecule has 0 saturated heterocycles. The van der Waals surface area contributed by atoms with E-state index in [0.29, 0.717) is 23.7 Å². The van der Waals surface area contributed by atoms with E-state index in [-0.39, 0.29) is 23.8 Å². The topological polar surface area (TPSA) is 76.5 Å². The first-order valence-electron chi connectivity index (χ1n) is 12.2. The molecule has 0 unspecified atom stereocenters. The Bertz CT molecular complexity index is 989. The van der Waals surface area contributed by atoms with E-state index >= 15 is 0 Å². The fraction of sp³-hybridized carbons (Fsp3) is 0.577. The summed E-state index contributed by atoms with van der Waals surface area (Å²) in [6.07, 6.45) is 7.95. The van der Waals surface area contributed by atoms with E-state index in [4.69, 9.17) is 4.74 Å². The summed E-state index contributed by atoms with van der Waals surface area (Å²) in [6, 6.07) is 9.33. The highest BCUT2D eigenvalue weighted by molar-refractivity contribution is 6.11. The first-order valence-corrected chi connectivity index (χ1v) is 12.2. The number of hydrogen-bond donors (Lipinski definition) is 1. The molecule has 1 atom stereocenters. The summed E-state index contributed by atoms with van der Waals surface area (Å²) in [5.74, 6) is 0.571. The first kappa shape index (κ1) is 23.3. The molecule has 2 aromatic rings. The molecule has 2 amide bonds. The lowest BCUT2D eigenvalue weighted by molar-refractivity contribution is -0.127. The Morgan fingerprint density at radius 2 is 1.76 bits per heavy atom. The zero-order chi connectivity index (χ0) is 23.6. The van der Waals surface area contributed by atoms with Crippen molar-refractivity contribution in [3.8, 4) is 5.75 Å². The average Bonchev–Trinajstić information content (AvgIpc) is 3.20. The normalized spacial score (nSPS) is 22.0. The smallest absolute Gasteiger partial charge is 0.277 e. The van der Waals surface area contributed by atoms with Crippen LogP contribution in [0.15, 0.2) is 30.3 Å². The van der Waals surface area contributed by atoms with Crippen molar-refractivity contribution in [1.82, 2.24) is 15.1 Å². The molecule has 7 heteroatoms. The molecule has 1 aromatic heterocycles. The summed E-state index contributed by atoms with van der Waals surface area (Å²) in [5, 5.41) is 7.98. The van der Waals surface area contributed by atoms with Gasteiger partial charge >= 0.3 is 0 Å². The number of benzene rings is 1. The van der Waals surface area contributed by atoms with E-state index in [1.165, 1.54) is 19.3 Å². The second kappa shape index (κ2) is 9.57. The van der Waals surface area contributed by atoms with Crippen LogP contribution in [0.1, 0.15) is 87.8 Å². The molecule has 0 spiro atoms. The lowest BCUT2D eigenvalue weighted by Gasteiger charge is -2.43.